The van der Waals surface area contributed by atoms with E-state index in [1.807, 2.05) is 0 Å². The van der Waals surface area contributed by atoms with Crippen molar-refractivity contribution in [1.82, 2.24) is 4.90 Å². The SMILES string of the molecule is CCC(C)N(C)CC1CCC(CN)O1. The molecule has 3 heteroatoms. The van der Waals surface area contributed by atoms with Gasteiger partial charge in [-0.1, -0.05) is 6.92 Å². The summed E-state index contributed by atoms with van der Waals surface area (Å²) in [6.07, 6.45) is 4.22. The number of likely N-dealkylation sites (N-methyl/N-ethyl adjacent to an activating group) is 1. The first-order chi connectivity index (χ1) is 6.67. The Bertz CT molecular complexity index is 163. The van der Waals surface area contributed by atoms with Gasteiger partial charge in [-0.3, -0.25) is 0 Å². The first-order valence-electron chi connectivity index (χ1n) is 5.73. The quantitative estimate of drug-likeness (QED) is 0.725. The molecule has 0 aliphatic carbocycles. The summed E-state index contributed by atoms with van der Waals surface area (Å²) in [5.74, 6) is 0. The van der Waals surface area contributed by atoms with Gasteiger partial charge in [0.1, 0.15) is 0 Å². The molecular formula is C11H24N2O. The Morgan fingerprint density at radius 1 is 1.43 bits per heavy atom. The molecule has 0 aromatic carbocycles. The Morgan fingerprint density at radius 2 is 2.07 bits per heavy atom. The van der Waals surface area contributed by atoms with Gasteiger partial charge < -0.3 is 15.4 Å². The predicted octanol–water partition coefficient (Wildman–Crippen LogP) is 1.22. The van der Waals surface area contributed by atoms with Crippen LogP contribution in [-0.4, -0.2) is 43.3 Å². The van der Waals surface area contributed by atoms with Crippen molar-refractivity contribution in [3.05, 3.63) is 0 Å². The van der Waals surface area contributed by atoms with Crippen molar-refractivity contribution in [2.24, 2.45) is 5.73 Å². The van der Waals surface area contributed by atoms with Crippen molar-refractivity contribution in [3.63, 3.8) is 0 Å². The first kappa shape index (κ1) is 12.0. The number of hydrogen-bond donors (Lipinski definition) is 1. The first-order valence-corrected chi connectivity index (χ1v) is 5.73. The van der Waals surface area contributed by atoms with Crippen LogP contribution in [0.2, 0.25) is 0 Å². The molecule has 1 aliphatic heterocycles. The van der Waals surface area contributed by atoms with E-state index >= 15 is 0 Å². The Kier molecular flexibility index (Phi) is 4.85. The maximum Gasteiger partial charge on any atom is 0.0707 e. The fourth-order valence-electron chi connectivity index (χ4n) is 1.90. The average Bonchev–Trinajstić information content (AvgIpc) is 2.64. The molecule has 0 aromatic heterocycles. The van der Waals surface area contributed by atoms with Crippen molar-refractivity contribution in [2.45, 2.75) is 51.4 Å². The van der Waals surface area contributed by atoms with Gasteiger partial charge in [-0.05, 0) is 33.2 Å². The molecule has 0 radical (unpaired) electrons. The van der Waals surface area contributed by atoms with Crippen LogP contribution in [-0.2, 0) is 4.74 Å². The summed E-state index contributed by atoms with van der Waals surface area (Å²) in [7, 11) is 2.17. The monoisotopic (exact) mass is 200 g/mol. The molecule has 1 rings (SSSR count). The topological polar surface area (TPSA) is 38.5 Å². The average molecular weight is 200 g/mol. The van der Waals surface area contributed by atoms with E-state index in [1.165, 1.54) is 12.8 Å². The van der Waals surface area contributed by atoms with Gasteiger partial charge in [0.2, 0.25) is 0 Å². The van der Waals surface area contributed by atoms with Crippen LogP contribution in [0, 0.1) is 0 Å². The molecule has 0 bridgehead atoms. The zero-order valence-corrected chi connectivity index (χ0v) is 9.70. The molecule has 1 fully saturated rings. The van der Waals surface area contributed by atoms with Crippen molar-refractivity contribution < 1.29 is 4.74 Å². The zero-order chi connectivity index (χ0) is 10.6. The van der Waals surface area contributed by atoms with Gasteiger partial charge in [-0.2, -0.15) is 0 Å². The highest BCUT2D eigenvalue weighted by Crippen LogP contribution is 2.20. The predicted molar refractivity (Wildman–Crippen MR) is 59.3 cm³/mol. The van der Waals surface area contributed by atoms with Gasteiger partial charge >= 0.3 is 0 Å². The highest BCUT2D eigenvalue weighted by molar-refractivity contribution is 4.77. The second kappa shape index (κ2) is 5.69. The fourth-order valence-corrected chi connectivity index (χ4v) is 1.90. The summed E-state index contributed by atoms with van der Waals surface area (Å²) in [4.78, 5) is 2.38. The van der Waals surface area contributed by atoms with Crippen molar-refractivity contribution in [3.8, 4) is 0 Å². The summed E-state index contributed by atoms with van der Waals surface area (Å²) >= 11 is 0. The molecule has 84 valence electrons. The Balaban J connectivity index is 2.24. The minimum Gasteiger partial charge on any atom is -0.372 e. The standard InChI is InChI=1S/C11H24N2O/c1-4-9(2)13(3)8-11-6-5-10(7-12)14-11/h9-11H,4-8,12H2,1-3H3. The van der Waals surface area contributed by atoms with Crippen LogP contribution in [0.15, 0.2) is 0 Å². The normalized spacial score (nSPS) is 29.8. The Labute approximate surface area is 87.6 Å². The van der Waals surface area contributed by atoms with Crippen LogP contribution in [0.4, 0.5) is 0 Å². The number of hydrogen-bond acceptors (Lipinski definition) is 3. The maximum atomic E-state index is 5.81. The van der Waals surface area contributed by atoms with Gasteiger partial charge in [0.05, 0.1) is 12.2 Å². The minimum absolute atomic E-state index is 0.310. The summed E-state index contributed by atoms with van der Waals surface area (Å²) in [6, 6.07) is 0.649. The number of nitrogens with two attached hydrogens (primary N) is 1. The lowest BCUT2D eigenvalue weighted by Gasteiger charge is -2.26. The molecule has 3 unspecified atom stereocenters. The van der Waals surface area contributed by atoms with E-state index in [2.05, 4.69) is 25.8 Å². The molecule has 3 atom stereocenters. The summed E-state index contributed by atoms with van der Waals surface area (Å²) < 4.78 is 5.81. The van der Waals surface area contributed by atoms with E-state index in [0.717, 1.165) is 13.0 Å². The lowest BCUT2D eigenvalue weighted by Crippen LogP contribution is -2.36. The lowest BCUT2D eigenvalue weighted by atomic mass is 10.1. The lowest BCUT2D eigenvalue weighted by molar-refractivity contribution is 0.0252. The maximum absolute atomic E-state index is 5.81. The van der Waals surface area contributed by atoms with E-state index in [1.54, 1.807) is 0 Å². The van der Waals surface area contributed by atoms with Crippen molar-refractivity contribution in [2.75, 3.05) is 20.1 Å². The third-order valence-corrected chi connectivity index (χ3v) is 3.29. The molecule has 1 heterocycles. The van der Waals surface area contributed by atoms with Crippen LogP contribution >= 0.6 is 0 Å². The van der Waals surface area contributed by atoms with Crippen LogP contribution in [0.25, 0.3) is 0 Å². The molecule has 0 spiro atoms. The molecule has 0 amide bonds. The highest BCUT2D eigenvalue weighted by atomic mass is 16.5. The van der Waals surface area contributed by atoms with Gasteiger partial charge in [0.15, 0.2) is 0 Å². The highest BCUT2D eigenvalue weighted by Gasteiger charge is 2.25. The molecular weight excluding hydrogens is 176 g/mol. The van der Waals surface area contributed by atoms with Gasteiger partial charge in [0, 0.05) is 19.1 Å². The van der Waals surface area contributed by atoms with E-state index < -0.39 is 0 Å². The Morgan fingerprint density at radius 3 is 2.57 bits per heavy atom. The second-order valence-corrected chi connectivity index (χ2v) is 4.39. The van der Waals surface area contributed by atoms with Crippen LogP contribution in [0.3, 0.4) is 0 Å². The number of rotatable bonds is 5. The van der Waals surface area contributed by atoms with Crippen LogP contribution in [0.5, 0.6) is 0 Å². The van der Waals surface area contributed by atoms with E-state index in [-0.39, 0.29) is 0 Å². The van der Waals surface area contributed by atoms with Crippen molar-refractivity contribution in [1.29, 1.82) is 0 Å². The van der Waals surface area contributed by atoms with Crippen molar-refractivity contribution >= 4 is 0 Å². The van der Waals surface area contributed by atoms with E-state index in [9.17, 15) is 0 Å². The molecule has 14 heavy (non-hydrogen) atoms. The van der Waals surface area contributed by atoms with Gasteiger partial charge in [0.25, 0.3) is 0 Å². The van der Waals surface area contributed by atoms with Crippen LogP contribution < -0.4 is 5.73 Å². The van der Waals surface area contributed by atoms with Crippen LogP contribution in [0.1, 0.15) is 33.1 Å². The molecule has 1 aliphatic rings. The summed E-state index contributed by atoms with van der Waals surface area (Å²) in [5.41, 5.74) is 5.57. The third kappa shape index (κ3) is 3.23. The molecule has 1 saturated heterocycles. The minimum atomic E-state index is 0.310. The molecule has 2 N–H and O–H groups in total. The molecule has 0 aromatic rings. The van der Waals surface area contributed by atoms with E-state index in [4.69, 9.17) is 10.5 Å². The number of nitrogens with zero attached hydrogens (tertiary/aromatic N) is 1. The second-order valence-electron chi connectivity index (χ2n) is 4.39. The largest absolute Gasteiger partial charge is 0.372 e. The molecule has 0 saturated carbocycles. The van der Waals surface area contributed by atoms with Gasteiger partial charge in [-0.15, -0.1) is 0 Å². The smallest absolute Gasteiger partial charge is 0.0707 e. The molecule has 3 nitrogen and oxygen atoms in total. The summed E-state index contributed by atoms with van der Waals surface area (Å²) in [5, 5.41) is 0. The van der Waals surface area contributed by atoms with E-state index in [0.29, 0.717) is 24.8 Å². The Hall–Kier alpha value is -0.120. The van der Waals surface area contributed by atoms with Gasteiger partial charge in [-0.25, -0.2) is 0 Å². The summed E-state index contributed by atoms with van der Waals surface area (Å²) in [6.45, 7) is 6.20. The zero-order valence-electron chi connectivity index (χ0n) is 9.70. The number of ether oxygens (including phenoxy) is 1. The third-order valence-electron chi connectivity index (χ3n) is 3.29. The fraction of sp³-hybridized carbons (Fsp3) is 1.00.